The van der Waals surface area contributed by atoms with Crippen LogP contribution in [0.3, 0.4) is 0 Å². The Kier molecular flexibility index (Phi) is 3.60. The van der Waals surface area contributed by atoms with Crippen LogP contribution in [-0.2, 0) is 9.84 Å². The average Bonchev–Trinajstić information content (AvgIpc) is 2.85. The van der Waals surface area contributed by atoms with Crippen LogP contribution >= 0.6 is 0 Å². The number of amides is 1. The van der Waals surface area contributed by atoms with Crippen molar-refractivity contribution in [3.8, 4) is 0 Å². The van der Waals surface area contributed by atoms with Gasteiger partial charge in [0.1, 0.15) is 5.69 Å². The Bertz CT molecular complexity index is 848. The molecular weight excluding hydrogens is 302 g/mol. The summed E-state index contributed by atoms with van der Waals surface area (Å²) in [4.78, 5) is 22.9. The molecule has 0 aliphatic carbocycles. The molecule has 1 aliphatic rings. The normalized spacial score (nSPS) is 20.2. The van der Waals surface area contributed by atoms with Gasteiger partial charge in [-0.05, 0) is 25.5 Å². The zero-order chi connectivity index (χ0) is 15.9. The molecule has 0 spiro atoms. The molecule has 7 heteroatoms. The van der Waals surface area contributed by atoms with Gasteiger partial charge in [0.15, 0.2) is 9.84 Å². The summed E-state index contributed by atoms with van der Waals surface area (Å²) in [5.74, 6) is -0.120. The zero-order valence-electron chi connectivity index (χ0n) is 12.5. The molecular formula is C15H17N3O3S. The van der Waals surface area contributed by atoms with Gasteiger partial charge in [0.25, 0.3) is 5.91 Å². The van der Waals surface area contributed by atoms with Gasteiger partial charge in [-0.25, -0.2) is 18.4 Å². The first-order valence-electron chi connectivity index (χ1n) is 7.08. The highest BCUT2D eigenvalue weighted by molar-refractivity contribution is 7.91. The first-order chi connectivity index (χ1) is 10.4. The van der Waals surface area contributed by atoms with Crippen LogP contribution in [0.5, 0.6) is 0 Å². The minimum Gasteiger partial charge on any atom is -0.336 e. The second-order valence-corrected chi connectivity index (χ2v) is 7.85. The molecule has 1 aromatic heterocycles. The lowest BCUT2D eigenvalue weighted by Crippen LogP contribution is -2.38. The summed E-state index contributed by atoms with van der Waals surface area (Å²) >= 11 is 0. The Morgan fingerprint density at radius 2 is 1.86 bits per heavy atom. The van der Waals surface area contributed by atoms with E-state index in [-0.39, 0.29) is 29.1 Å². The maximum absolute atomic E-state index is 12.6. The molecule has 2 aromatic rings. The van der Waals surface area contributed by atoms with E-state index in [1.165, 1.54) is 4.90 Å². The summed E-state index contributed by atoms with van der Waals surface area (Å²) in [6.45, 7) is 1.74. The summed E-state index contributed by atoms with van der Waals surface area (Å²) in [7, 11) is -1.40. The quantitative estimate of drug-likeness (QED) is 0.831. The van der Waals surface area contributed by atoms with Crippen LogP contribution in [0.15, 0.2) is 24.3 Å². The van der Waals surface area contributed by atoms with Crippen molar-refractivity contribution in [2.45, 2.75) is 19.4 Å². The van der Waals surface area contributed by atoms with E-state index in [0.29, 0.717) is 17.6 Å². The lowest BCUT2D eigenvalue weighted by atomic mass is 10.2. The topological polar surface area (TPSA) is 80.2 Å². The third-order valence-electron chi connectivity index (χ3n) is 4.02. The Balaban J connectivity index is 1.93. The van der Waals surface area contributed by atoms with Gasteiger partial charge in [-0.2, -0.15) is 0 Å². The molecule has 22 heavy (non-hydrogen) atoms. The van der Waals surface area contributed by atoms with Gasteiger partial charge >= 0.3 is 0 Å². The molecule has 1 aromatic carbocycles. The van der Waals surface area contributed by atoms with Crippen LogP contribution < -0.4 is 0 Å². The van der Waals surface area contributed by atoms with E-state index in [1.807, 2.05) is 18.2 Å². The van der Waals surface area contributed by atoms with E-state index < -0.39 is 9.84 Å². The number of hydrogen-bond donors (Lipinski definition) is 0. The van der Waals surface area contributed by atoms with Gasteiger partial charge in [0.2, 0.25) is 0 Å². The maximum atomic E-state index is 12.6. The Hall–Kier alpha value is -2.02. The smallest absolute Gasteiger partial charge is 0.274 e. The molecule has 116 valence electrons. The molecule has 1 fully saturated rings. The summed E-state index contributed by atoms with van der Waals surface area (Å²) in [5, 5.41) is 0. The Labute approximate surface area is 129 Å². The minimum atomic E-state index is -3.03. The molecule has 0 N–H and O–H groups in total. The molecule has 1 saturated heterocycles. The molecule has 0 bridgehead atoms. The van der Waals surface area contributed by atoms with E-state index in [9.17, 15) is 13.2 Å². The molecule has 1 atom stereocenters. The average molecular weight is 319 g/mol. The van der Waals surface area contributed by atoms with Crippen LogP contribution in [-0.4, -0.2) is 53.8 Å². The van der Waals surface area contributed by atoms with Crippen molar-refractivity contribution in [1.82, 2.24) is 14.9 Å². The Morgan fingerprint density at radius 3 is 2.45 bits per heavy atom. The molecule has 6 nitrogen and oxygen atoms in total. The SMILES string of the molecule is Cc1nc2ccccc2nc1C(=O)N(C)C1CCS(=O)(=O)C1. The number of rotatable bonds is 2. The number of benzene rings is 1. The van der Waals surface area contributed by atoms with Crippen LogP contribution in [0.25, 0.3) is 11.0 Å². The summed E-state index contributed by atoms with van der Waals surface area (Å²) < 4.78 is 23.2. The van der Waals surface area contributed by atoms with E-state index in [1.54, 1.807) is 20.0 Å². The van der Waals surface area contributed by atoms with Crippen LogP contribution in [0.2, 0.25) is 0 Å². The van der Waals surface area contributed by atoms with Crippen LogP contribution in [0, 0.1) is 6.92 Å². The summed E-state index contributed by atoms with van der Waals surface area (Å²) in [5.41, 5.74) is 2.23. The highest BCUT2D eigenvalue weighted by atomic mass is 32.2. The highest BCUT2D eigenvalue weighted by Gasteiger charge is 2.34. The standard InChI is InChI=1S/C15H17N3O3S/c1-10-14(17-13-6-4-3-5-12(13)16-10)15(19)18(2)11-7-8-22(20,21)9-11/h3-6,11H,7-9H2,1-2H3. The number of carbonyl (C=O) groups is 1. The second kappa shape index (κ2) is 5.31. The van der Waals surface area contributed by atoms with Gasteiger partial charge in [-0.1, -0.05) is 12.1 Å². The number of nitrogens with zero attached hydrogens (tertiary/aromatic N) is 3. The van der Waals surface area contributed by atoms with Crippen molar-refractivity contribution >= 4 is 26.8 Å². The first-order valence-corrected chi connectivity index (χ1v) is 8.90. The minimum absolute atomic E-state index is 0.0231. The number of para-hydroxylation sites is 2. The van der Waals surface area contributed by atoms with E-state index in [0.717, 1.165) is 5.52 Å². The number of aryl methyl sites for hydroxylation is 1. The van der Waals surface area contributed by atoms with Gasteiger partial charge in [-0.15, -0.1) is 0 Å². The van der Waals surface area contributed by atoms with Crippen molar-refractivity contribution in [2.75, 3.05) is 18.6 Å². The number of sulfone groups is 1. The number of fused-ring (bicyclic) bond motifs is 1. The van der Waals surface area contributed by atoms with Gasteiger partial charge in [0.05, 0.1) is 28.2 Å². The van der Waals surface area contributed by atoms with Crippen molar-refractivity contribution in [1.29, 1.82) is 0 Å². The third-order valence-corrected chi connectivity index (χ3v) is 5.77. The van der Waals surface area contributed by atoms with Crippen LogP contribution in [0.1, 0.15) is 22.6 Å². The highest BCUT2D eigenvalue weighted by Crippen LogP contribution is 2.20. The van der Waals surface area contributed by atoms with Crippen LogP contribution in [0.4, 0.5) is 0 Å². The van der Waals surface area contributed by atoms with Gasteiger partial charge < -0.3 is 4.90 Å². The monoisotopic (exact) mass is 319 g/mol. The van der Waals surface area contributed by atoms with E-state index in [2.05, 4.69) is 9.97 Å². The largest absolute Gasteiger partial charge is 0.336 e. The van der Waals surface area contributed by atoms with Gasteiger partial charge in [-0.3, -0.25) is 4.79 Å². The van der Waals surface area contributed by atoms with Crippen molar-refractivity contribution in [2.24, 2.45) is 0 Å². The molecule has 1 aliphatic heterocycles. The number of hydrogen-bond acceptors (Lipinski definition) is 5. The number of carbonyl (C=O) groups excluding carboxylic acids is 1. The first kappa shape index (κ1) is 14.9. The van der Waals surface area contributed by atoms with Gasteiger partial charge in [0, 0.05) is 13.1 Å². The maximum Gasteiger partial charge on any atom is 0.274 e. The molecule has 1 amide bonds. The zero-order valence-corrected chi connectivity index (χ0v) is 13.3. The lowest BCUT2D eigenvalue weighted by molar-refractivity contribution is 0.0741. The summed E-state index contributed by atoms with van der Waals surface area (Å²) in [6, 6.07) is 7.07. The fraction of sp³-hybridized carbons (Fsp3) is 0.400. The van der Waals surface area contributed by atoms with E-state index >= 15 is 0 Å². The molecule has 2 heterocycles. The van der Waals surface area contributed by atoms with E-state index in [4.69, 9.17) is 0 Å². The molecule has 3 rings (SSSR count). The Morgan fingerprint density at radius 1 is 1.23 bits per heavy atom. The molecule has 0 saturated carbocycles. The predicted octanol–water partition coefficient (Wildman–Crippen LogP) is 1.20. The fourth-order valence-electron chi connectivity index (χ4n) is 2.70. The van der Waals surface area contributed by atoms with Crippen molar-refractivity contribution in [3.05, 3.63) is 35.7 Å². The second-order valence-electron chi connectivity index (χ2n) is 5.62. The molecule has 1 unspecified atom stereocenters. The predicted molar refractivity (Wildman–Crippen MR) is 83.4 cm³/mol. The fourth-order valence-corrected chi connectivity index (χ4v) is 4.48. The van der Waals surface area contributed by atoms with Crippen molar-refractivity contribution in [3.63, 3.8) is 0 Å². The lowest BCUT2D eigenvalue weighted by Gasteiger charge is -2.23. The van der Waals surface area contributed by atoms with Crippen molar-refractivity contribution < 1.29 is 13.2 Å². The summed E-state index contributed by atoms with van der Waals surface area (Å²) in [6.07, 6.45) is 0.477. The third kappa shape index (κ3) is 2.68. The number of aromatic nitrogens is 2. The molecule has 0 radical (unpaired) electrons.